The Hall–Kier alpha value is -5.12. The zero-order valence-electron chi connectivity index (χ0n) is 18.9. The minimum Gasteiger partial charge on any atom is -0.454 e. The van der Waals surface area contributed by atoms with Crippen molar-refractivity contribution in [3.63, 3.8) is 0 Å². The summed E-state index contributed by atoms with van der Waals surface area (Å²) in [4.78, 5) is 42.3. The van der Waals surface area contributed by atoms with Crippen molar-refractivity contribution in [3.05, 3.63) is 95.6 Å². The van der Waals surface area contributed by atoms with Gasteiger partial charge in [0, 0.05) is 10.8 Å². The number of para-hydroxylation sites is 2. The molecule has 0 aliphatic heterocycles. The van der Waals surface area contributed by atoms with Crippen LogP contribution in [0, 0.1) is 0 Å². The van der Waals surface area contributed by atoms with Crippen LogP contribution < -0.4 is 11.5 Å². The number of anilines is 2. The number of esters is 2. The van der Waals surface area contributed by atoms with E-state index in [4.69, 9.17) is 20.9 Å². The molecule has 4 N–H and O–H groups in total. The summed E-state index contributed by atoms with van der Waals surface area (Å²) < 4.78 is 10.7. The third-order valence-corrected chi connectivity index (χ3v) is 5.36. The molecule has 0 aliphatic rings. The van der Waals surface area contributed by atoms with Crippen molar-refractivity contribution < 1.29 is 19.1 Å². The fourth-order valence-corrected chi connectivity index (χ4v) is 3.63. The first-order valence-corrected chi connectivity index (χ1v) is 10.9. The molecule has 0 saturated carbocycles. The summed E-state index contributed by atoms with van der Waals surface area (Å²) in [5.41, 5.74) is 13.6. The maximum absolute atomic E-state index is 12.6. The molecule has 0 spiro atoms. The normalized spacial score (nSPS) is 10.9. The molecule has 5 aromatic rings. The minimum absolute atomic E-state index is 0.171. The van der Waals surface area contributed by atoms with Crippen molar-refractivity contribution in [2.24, 2.45) is 0 Å². The maximum Gasteiger partial charge on any atom is 0.338 e. The number of nitrogens with two attached hydrogens (primary N) is 2. The molecule has 0 atom stereocenters. The van der Waals surface area contributed by atoms with Gasteiger partial charge >= 0.3 is 11.9 Å². The van der Waals surface area contributed by atoms with E-state index in [-0.39, 0.29) is 36.0 Å². The first-order chi connectivity index (χ1) is 17.5. The van der Waals surface area contributed by atoms with Gasteiger partial charge in [-0.1, -0.05) is 30.3 Å². The van der Waals surface area contributed by atoms with Gasteiger partial charge in [0.05, 0.1) is 22.2 Å². The molecule has 178 valence electrons. The summed E-state index contributed by atoms with van der Waals surface area (Å²) >= 11 is 0. The predicted molar refractivity (Wildman–Crippen MR) is 133 cm³/mol. The molecule has 10 heteroatoms. The largest absolute Gasteiger partial charge is 0.454 e. The van der Waals surface area contributed by atoms with E-state index in [0.29, 0.717) is 22.7 Å². The molecule has 2 heterocycles. The second-order valence-corrected chi connectivity index (χ2v) is 7.82. The van der Waals surface area contributed by atoms with E-state index in [1.165, 1.54) is 18.2 Å². The van der Waals surface area contributed by atoms with Crippen LogP contribution in [-0.4, -0.2) is 31.9 Å². The van der Waals surface area contributed by atoms with Crippen molar-refractivity contribution in [2.75, 3.05) is 11.5 Å². The predicted octanol–water partition coefficient (Wildman–Crippen LogP) is 3.45. The lowest BCUT2D eigenvalue weighted by Gasteiger charge is -2.09. The van der Waals surface area contributed by atoms with Gasteiger partial charge in [-0.05, 0) is 42.5 Å². The van der Waals surface area contributed by atoms with Gasteiger partial charge in [0.2, 0.25) is 0 Å². The Morgan fingerprint density at radius 3 is 1.53 bits per heavy atom. The van der Waals surface area contributed by atoms with E-state index in [0.717, 1.165) is 10.8 Å². The lowest BCUT2D eigenvalue weighted by atomic mass is 10.1. The van der Waals surface area contributed by atoms with E-state index in [9.17, 15) is 9.59 Å². The van der Waals surface area contributed by atoms with Gasteiger partial charge in [0.1, 0.15) is 11.6 Å². The minimum atomic E-state index is -0.648. The highest BCUT2D eigenvalue weighted by atomic mass is 16.5. The SMILES string of the molecule is Nc1nc(COC(=O)c2cccc(C(=O)OCc3nc(N)c4ccccc4n3)c2)nc2ccccc12. The van der Waals surface area contributed by atoms with E-state index in [1.807, 2.05) is 36.4 Å². The van der Waals surface area contributed by atoms with E-state index >= 15 is 0 Å². The Bertz CT molecular complexity index is 1510. The topological polar surface area (TPSA) is 156 Å². The van der Waals surface area contributed by atoms with Crippen molar-refractivity contribution in [1.82, 2.24) is 19.9 Å². The highest BCUT2D eigenvalue weighted by Gasteiger charge is 2.15. The Morgan fingerprint density at radius 1 is 0.611 bits per heavy atom. The number of carbonyl (C=O) groups excluding carboxylic acids is 2. The molecule has 0 unspecified atom stereocenters. The Balaban J connectivity index is 1.24. The second-order valence-electron chi connectivity index (χ2n) is 7.82. The van der Waals surface area contributed by atoms with E-state index < -0.39 is 11.9 Å². The van der Waals surface area contributed by atoms with Crippen LogP contribution in [0.2, 0.25) is 0 Å². The van der Waals surface area contributed by atoms with Crippen LogP contribution in [-0.2, 0) is 22.7 Å². The summed E-state index contributed by atoms with van der Waals surface area (Å²) in [6, 6.07) is 20.6. The molecule has 0 fully saturated rings. The van der Waals surface area contributed by atoms with Gasteiger partial charge in [0.15, 0.2) is 24.9 Å². The highest BCUT2D eigenvalue weighted by molar-refractivity contribution is 5.95. The van der Waals surface area contributed by atoms with E-state index in [1.54, 1.807) is 18.2 Å². The molecule has 0 amide bonds. The molecule has 2 aromatic heterocycles. The van der Waals surface area contributed by atoms with Crippen LogP contribution in [0.25, 0.3) is 21.8 Å². The summed E-state index contributed by atoms with van der Waals surface area (Å²) in [5.74, 6) is -0.159. The zero-order valence-corrected chi connectivity index (χ0v) is 18.9. The number of nitrogens with zero attached hydrogens (tertiary/aromatic N) is 4. The van der Waals surface area contributed by atoms with Crippen molar-refractivity contribution >= 4 is 45.4 Å². The van der Waals surface area contributed by atoms with Gasteiger partial charge < -0.3 is 20.9 Å². The average Bonchev–Trinajstić information content (AvgIpc) is 2.90. The number of aromatic nitrogens is 4. The molecule has 0 radical (unpaired) electrons. The molecule has 0 bridgehead atoms. The maximum atomic E-state index is 12.6. The first kappa shape index (κ1) is 22.7. The van der Waals surface area contributed by atoms with Gasteiger partial charge in [-0.15, -0.1) is 0 Å². The van der Waals surface area contributed by atoms with Crippen LogP contribution in [0.4, 0.5) is 11.6 Å². The smallest absolute Gasteiger partial charge is 0.338 e. The van der Waals surface area contributed by atoms with Crippen molar-refractivity contribution in [3.8, 4) is 0 Å². The Labute approximate surface area is 204 Å². The van der Waals surface area contributed by atoms with Crippen LogP contribution >= 0.6 is 0 Å². The summed E-state index contributed by atoms with van der Waals surface area (Å²) in [7, 11) is 0. The molecule has 0 aliphatic carbocycles. The third kappa shape index (κ3) is 4.73. The van der Waals surface area contributed by atoms with Crippen molar-refractivity contribution in [1.29, 1.82) is 0 Å². The van der Waals surface area contributed by atoms with Crippen LogP contribution in [0.1, 0.15) is 32.4 Å². The van der Waals surface area contributed by atoms with Crippen molar-refractivity contribution in [2.45, 2.75) is 13.2 Å². The lowest BCUT2D eigenvalue weighted by molar-refractivity contribution is 0.0460. The number of fused-ring (bicyclic) bond motifs is 2. The number of rotatable bonds is 6. The van der Waals surface area contributed by atoms with Gasteiger partial charge in [0.25, 0.3) is 0 Å². The lowest BCUT2D eigenvalue weighted by Crippen LogP contribution is -2.11. The molecule has 3 aromatic carbocycles. The van der Waals surface area contributed by atoms with E-state index in [2.05, 4.69) is 19.9 Å². The van der Waals surface area contributed by atoms with Gasteiger partial charge in [-0.25, -0.2) is 29.5 Å². The zero-order chi connectivity index (χ0) is 25.1. The molecule has 36 heavy (non-hydrogen) atoms. The molecule has 10 nitrogen and oxygen atoms in total. The standard InChI is InChI=1S/C26H20N6O4/c27-23-17-8-1-3-10-19(17)29-21(31-23)13-35-25(33)15-6-5-7-16(12-15)26(34)36-14-22-30-20-11-4-2-9-18(20)24(28)32-22/h1-12H,13-14H2,(H2,27,29,31)(H2,28,30,32). The number of hydrogen-bond donors (Lipinski definition) is 2. The third-order valence-electron chi connectivity index (χ3n) is 5.36. The van der Waals surface area contributed by atoms with Gasteiger partial charge in [-0.3, -0.25) is 0 Å². The quantitative estimate of drug-likeness (QED) is 0.345. The Kier molecular flexibility index (Phi) is 6.06. The molecule has 0 saturated heterocycles. The van der Waals surface area contributed by atoms with Crippen LogP contribution in [0.3, 0.4) is 0 Å². The second kappa shape index (κ2) is 9.63. The molecule has 5 rings (SSSR count). The molecular weight excluding hydrogens is 460 g/mol. The van der Waals surface area contributed by atoms with Crippen LogP contribution in [0.15, 0.2) is 72.8 Å². The number of hydrogen-bond acceptors (Lipinski definition) is 10. The number of carbonyl (C=O) groups is 2. The van der Waals surface area contributed by atoms with Crippen LogP contribution in [0.5, 0.6) is 0 Å². The number of nitrogen functional groups attached to an aromatic ring is 2. The number of benzene rings is 3. The first-order valence-electron chi connectivity index (χ1n) is 10.9. The highest BCUT2D eigenvalue weighted by Crippen LogP contribution is 2.19. The number of ether oxygens (including phenoxy) is 2. The fraction of sp³-hybridized carbons (Fsp3) is 0.0769. The molecular formula is C26H20N6O4. The summed E-state index contributed by atoms with van der Waals surface area (Å²) in [6.07, 6.45) is 0. The monoisotopic (exact) mass is 480 g/mol. The fourth-order valence-electron chi connectivity index (χ4n) is 3.63. The Morgan fingerprint density at radius 2 is 1.06 bits per heavy atom. The summed E-state index contributed by atoms with van der Waals surface area (Å²) in [6.45, 7) is -0.355. The van der Waals surface area contributed by atoms with Gasteiger partial charge in [-0.2, -0.15) is 0 Å². The average molecular weight is 480 g/mol. The summed E-state index contributed by atoms with van der Waals surface area (Å²) in [5, 5.41) is 1.44.